The van der Waals surface area contributed by atoms with Crippen molar-refractivity contribution in [1.29, 1.82) is 0 Å². The van der Waals surface area contributed by atoms with Gasteiger partial charge in [0, 0.05) is 12.8 Å². The molecule has 2 aromatic carbocycles. The molecule has 1 aliphatic rings. The van der Waals surface area contributed by atoms with Crippen molar-refractivity contribution in [3.8, 4) is 5.75 Å². The van der Waals surface area contributed by atoms with Gasteiger partial charge in [-0.25, -0.2) is 9.59 Å². The summed E-state index contributed by atoms with van der Waals surface area (Å²) in [5, 5.41) is 0. The third-order valence-corrected chi connectivity index (χ3v) is 5.10. The number of rotatable bonds is 7. The van der Waals surface area contributed by atoms with Crippen molar-refractivity contribution in [2.45, 2.75) is 25.7 Å². The van der Waals surface area contributed by atoms with Gasteiger partial charge in [-0.3, -0.25) is 4.48 Å². The Balaban J connectivity index is 1.73. The zero-order valence-corrected chi connectivity index (χ0v) is 16.3. The van der Waals surface area contributed by atoms with Crippen molar-refractivity contribution in [3.63, 3.8) is 0 Å². The molecule has 0 amide bonds. The van der Waals surface area contributed by atoms with E-state index in [4.69, 9.17) is 14.2 Å². The summed E-state index contributed by atoms with van der Waals surface area (Å²) in [7, 11) is 3.36. The number of benzene rings is 2. The van der Waals surface area contributed by atoms with Gasteiger partial charge in [0.05, 0.1) is 32.8 Å². The van der Waals surface area contributed by atoms with Crippen LogP contribution in [0.4, 0.5) is 0 Å². The number of hydrogen-bond donors (Lipinski definition) is 0. The lowest BCUT2D eigenvalue weighted by Gasteiger charge is -2.35. The highest BCUT2D eigenvalue weighted by Crippen LogP contribution is 2.25. The first-order valence-corrected chi connectivity index (χ1v) is 9.42. The van der Waals surface area contributed by atoms with E-state index in [0.717, 1.165) is 31.5 Å². The maximum absolute atomic E-state index is 12.9. The molecule has 6 heteroatoms. The van der Waals surface area contributed by atoms with Gasteiger partial charge in [-0.15, -0.1) is 0 Å². The van der Waals surface area contributed by atoms with Crippen LogP contribution in [0, 0.1) is 0 Å². The molecule has 0 saturated carbocycles. The molecule has 0 aliphatic carbocycles. The zero-order valence-electron chi connectivity index (χ0n) is 16.3. The molecule has 0 aromatic heterocycles. The van der Waals surface area contributed by atoms with E-state index in [9.17, 15) is 9.59 Å². The van der Waals surface area contributed by atoms with E-state index in [1.165, 1.54) is 7.11 Å². The molecule has 1 fully saturated rings. The van der Waals surface area contributed by atoms with E-state index in [1.807, 2.05) is 37.4 Å². The number of carbonyl (C=O) groups excluding carboxylic acids is 2. The van der Waals surface area contributed by atoms with Gasteiger partial charge in [0.15, 0.2) is 0 Å². The number of hydrogen-bond acceptors (Lipinski definition) is 5. The predicted molar refractivity (Wildman–Crippen MR) is 104 cm³/mol. The van der Waals surface area contributed by atoms with Gasteiger partial charge < -0.3 is 14.2 Å². The minimum Gasteiger partial charge on any atom is -0.465 e. The normalized spacial score (nSPS) is 16.2. The minimum absolute atomic E-state index is 0.209. The molecule has 0 N–H and O–H groups in total. The van der Waals surface area contributed by atoms with Gasteiger partial charge in [-0.2, -0.15) is 0 Å². The fraction of sp³-hybridized carbons (Fsp3) is 0.364. The number of carbonyl (C=O) groups is 2. The van der Waals surface area contributed by atoms with Crippen molar-refractivity contribution in [3.05, 3.63) is 65.7 Å². The Bertz CT molecular complexity index is 797. The minimum atomic E-state index is -0.754. The van der Waals surface area contributed by atoms with E-state index < -0.39 is 12.2 Å². The molecule has 2 aromatic rings. The lowest BCUT2D eigenvalue weighted by molar-refractivity contribution is -0.930. The topological polar surface area (TPSA) is 61.8 Å². The molecule has 1 unspecified atom stereocenters. The number of likely N-dealkylation sites (tertiary alicyclic amines) is 1. The molecule has 28 heavy (non-hydrogen) atoms. The third kappa shape index (κ3) is 4.70. The Hall–Kier alpha value is -2.86. The number of methoxy groups -OCH3 is 1. The van der Waals surface area contributed by atoms with Crippen LogP contribution in [0.3, 0.4) is 0 Å². The molecule has 1 atom stereocenters. The van der Waals surface area contributed by atoms with E-state index in [2.05, 4.69) is 0 Å². The SMILES string of the molecule is COC(=O)c1ccc(OC(C(=O)OCc2ccccc2)[N+]2(C)CCCC2)cc1. The van der Waals surface area contributed by atoms with Crippen LogP contribution >= 0.6 is 0 Å². The smallest absolute Gasteiger partial charge is 0.408 e. The molecule has 1 aliphatic heterocycles. The standard InChI is InChI=1S/C22H26NO5/c1-23(14-6-7-15-23)20(22(25)27-16-17-8-4-3-5-9-17)28-19-12-10-18(11-13-19)21(24)26-2/h3-5,8-13,20H,6-7,14-16H2,1-2H3/q+1. The lowest BCUT2D eigenvalue weighted by atomic mass is 10.2. The average molecular weight is 384 g/mol. The zero-order chi connectivity index (χ0) is 20.0. The second kappa shape index (κ2) is 8.89. The second-order valence-corrected chi connectivity index (χ2v) is 7.21. The number of quaternary nitrogens is 1. The van der Waals surface area contributed by atoms with Crippen LogP contribution in [-0.4, -0.2) is 49.9 Å². The van der Waals surface area contributed by atoms with Crippen molar-refractivity contribution in [2.24, 2.45) is 0 Å². The van der Waals surface area contributed by atoms with Gasteiger partial charge in [-0.05, 0) is 29.8 Å². The average Bonchev–Trinajstić information content (AvgIpc) is 3.18. The van der Waals surface area contributed by atoms with Crippen molar-refractivity contribution >= 4 is 11.9 Å². The summed E-state index contributed by atoms with van der Waals surface area (Å²) in [6.07, 6.45) is 1.34. The molecule has 0 bridgehead atoms. The quantitative estimate of drug-likeness (QED) is 0.542. The van der Waals surface area contributed by atoms with E-state index in [-0.39, 0.29) is 12.6 Å². The molecule has 3 rings (SSSR count). The predicted octanol–water partition coefficient (Wildman–Crippen LogP) is 3.16. The van der Waals surface area contributed by atoms with Crippen LogP contribution < -0.4 is 4.74 Å². The fourth-order valence-electron chi connectivity index (χ4n) is 3.44. The number of ether oxygens (including phenoxy) is 3. The van der Waals surface area contributed by atoms with Gasteiger partial charge in [-0.1, -0.05) is 30.3 Å². The largest absolute Gasteiger partial charge is 0.465 e. The maximum Gasteiger partial charge on any atom is 0.408 e. The number of likely N-dealkylation sites (N-methyl/N-ethyl adjacent to an activating group) is 1. The summed E-state index contributed by atoms with van der Waals surface area (Å²) in [5.74, 6) is -0.283. The van der Waals surface area contributed by atoms with Crippen molar-refractivity contribution < 1.29 is 28.3 Å². The molecular weight excluding hydrogens is 358 g/mol. The van der Waals surface area contributed by atoms with Crippen molar-refractivity contribution in [1.82, 2.24) is 0 Å². The van der Waals surface area contributed by atoms with Crippen LogP contribution in [0.15, 0.2) is 54.6 Å². The highest BCUT2D eigenvalue weighted by atomic mass is 16.6. The molecule has 1 heterocycles. The molecule has 0 spiro atoms. The monoisotopic (exact) mass is 384 g/mol. The Morgan fingerprint density at radius 2 is 1.64 bits per heavy atom. The van der Waals surface area contributed by atoms with E-state index >= 15 is 0 Å². The Labute approximate surface area is 165 Å². The number of nitrogens with zero attached hydrogens (tertiary/aromatic N) is 1. The third-order valence-electron chi connectivity index (χ3n) is 5.10. The first-order chi connectivity index (χ1) is 13.5. The van der Waals surface area contributed by atoms with E-state index in [0.29, 0.717) is 15.8 Å². The summed E-state index contributed by atoms with van der Waals surface area (Å²) >= 11 is 0. The van der Waals surface area contributed by atoms with E-state index in [1.54, 1.807) is 24.3 Å². The number of esters is 2. The van der Waals surface area contributed by atoms with Gasteiger partial charge in [0.25, 0.3) is 0 Å². The summed E-state index contributed by atoms with van der Waals surface area (Å²) < 4.78 is 16.8. The lowest BCUT2D eigenvalue weighted by Crippen LogP contribution is -2.57. The van der Waals surface area contributed by atoms with Crippen LogP contribution in [0.2, 0.25) is 0 Å². The Kier molecular flexibility index (Phi) is 6.31. The van der Waals surface area contributed by atoms with Gasteiger partial charge >= 0.3 is 18.2 Å². The van der Waals surface area contributed by atoms with Gasteiger partial charge in [0.1, 0.15) is 12.4 Å². The summed E-state index contributed by atoms with van der Waals surface area (Å²) in [6, 6.07) is 16.2. The van der Waals surface area contributed by atoms with Gasteiger partial charge in [0.2, 0.25) is 0 Å². The first kappa shape index (κ1) is 19.9. The van der Waals surface area contributed by atoms with Crippen LogP contribution in [0.1, 0.15) is 28.8 Å². The molecule has 148 valence electrons. The summed E-state index contributed by atoms with van der Waals surface area (Å²) in [4.78, 5) is 24.5. The summed E-state index contributed by atoms with van der Waals surface area (Å²) in [6.45, 7) is 1.91. The molecule has 0 radical (unpaired) electrons. The molecular formula is C22H26NO5+. The molecule has 1 saturated heterocycles. The first-order valence-electron chi connectivity index (χ1n) is 9.42. The summed E-state index contributed by atoms with van der Waals surface area (Å²) in [5.41, 5.74) is 1.36. The van der Waals surface area contributed by atoms with Crippen LogP contribution in [-0.2, 0) is 20.9 Å². The molecule has 6 nitrogen and oxygen atoms in total. The Morgan fingerprint density at radius 3 is 2.25 bits per heavy atom. The highest BCUT2D eigenvalue weighted by Gasteiger charge is 2.44. The van der Waals surface area contributed by atoms with Crippen molar-refractivity contribution in [2.75, 3.05) is 27.2 Å². The fourth-order valence-corrected chi connectivity index (χ4v) is 3.44. The Morgan fingerprint density at radius 1 is 1.00 bits per heavy atom. The maximum atomic E-state index is 12.9. The van der Waals surface area contributed by atoms with Crippen LogP contribution in [0.25, 0.3) is 0 Å². The second-order valence-electron chi connectivity index (χ2n) is 7.21. The highest BCUT2D eigenvalue weighted by molar-refractivity contribution is 5.89. The van der Waals surface area contributed by atoms with Crippen LogP contribution in [0.5, 0.6) is 5.75 Å².